The molecule has 1 aromatic rings. The van der Waals surface area contributed by atoms with Gasteiger partial charge in [0.15, 0.2) is 0 Å². The molecule has 0 radical (unpaired) electrons. The molecule has 0 aromatic carbocycles. The summed E-state index contributed by atoms with van der Waals surface area (Å²) in [4.78, 5) is 42.3. The first-order valence-electron chi connectivity index (χ1n) is 10.9. The minimum absolute atomic E-state index is 0.0880. The second kappa shape index (κ2) is 9.46. The molecule has 1 saturated carbocycles. The predicted octanol–water partition coefficient (Wildman–Crippen LogP) is 3.11. The summed E-state index contributed by atoms with van der Waals surface area (Å²) in [6.45, 7) is 6.89. The maximum atomic E-state index is 13.0. The summed E-state index contributed by atoms with van der Waals surface area (Å²) >= 11 is 0. The molecule has 2 heterocycles. The van der Waals surface area contributed by atoms with Gasteiger partial charge in [-0.3, -0.25) is 9.59 Å². The first-order valence-corrected chi connectivity index (χ1v) is 10.9. The van der Waals surface area contributed by atoms with Crippen molar-refractivity contribution in [3.8, 4) is 0 Å². The van der Waals surface area contributed by atoms with Crippen molar-refractivity contribution >= 4 is 17.8 Å². The summed E-state index contributed by atoms with van der Waals surface area (Å²) in [5.41, 5.74) is 2.21. The number of hydrogen-bond acceptors (Lipinski definition) is 4. The molecule has 1 aliphatic carbocycles. The lowest BCUT2D eigenvalue weighted by Crippen LogP contribution is -2.41. The van der Waals surface area contributed by atoms with E-state index in [1.54, 1.807) is 20.8 Å². The lowest BCUT2D eigenvalue weighted by molar-refractivity contribution is -0.123. The molecule has 0 atom stereocenters. The highest BCUT2D eigenvalue weighted by Gasteiger charge is 2.29. The van der Waals surface area contributed by atoms with E-state index in [-0.39, 0.29) is 11.8 Å². The number of H-pyrrole nitrogens is 1. The number of aromatic amines is 1. The monoisotopic (exact) mass is 403 g/mol. The van der Waals surface area contributed by atoms with E-state index in [0.717, 1.165) is 25.7 Å². The van der Waals surface area contributed by atoms with Crippen molar-refractivity contribution in [3.63, 3.8) is 0 Å². The van der Waals surface area contributed by atoms with Crippen LogP contribution in [0.15, 0.2) is 0 Å². The van der Waals surface area contributed by atoms with E-state index in [4.69, 9.17) is 4.74 Å². The molecule has 0 spiro atoms. The molecule has 0 unspecified atom stereocenters. The van der Waals surface area contributed by atoms with Crippen molar-refractivity contribution in [1.82, 2.24) is 15.2 Å². The molecule has 2 fully saturated rings. The highest BCUT2D eigenvalue weighted by Crippen LogP contribution is 2.25. The third-order valence-electron chi connectivity index (χ3n) is 6.23. The van der Waals surface area contributed by atoms with Crippen LogP contribution in [0, 0.1) is 19.8 Å². The third-order valence-corrected chi connectivity index (χ3v) is 6.23. The highest BCUT2D eigenvalue weighted by atomic mass is 16.5. The molecule has 2 amide bonds. The topological polar surface area (TPSA) is 91.5 Å². The van der Waals surface area contributed by atoms with Crippen LogP contribution in [-0.2, 0) is 9.53 Å². The second-order valence-corrected chi connectivity index (χ2v) is 8.33. The molecule has 0 bridgehead atoms. The zero-order chi connectivity index (χ0) is 21.0. The van der Waals surface area contributed by atoms with Gasteiger partial charge >= 0.3 is 5.97 Å². The van der Waals surface area contributed by atoms with Gasteiger partial charge < -0.3 is 19.9 Å². The molecule has 1 aromatic heterocycles. The Labute approximate surface area is 172 Å². The van der Waals surface area contributed by atoms with Gasteiger partial charge in [-0.05, 0) is 57.9 Å². The van der Waals surface area contributed by atoms with Gasteiger partial charge in [-0.25, -0.2) is 4.79 Å². The zero-order valence-corrected chi connectivity index (χ0v) is 17.8. The molecule has 2 aliphatic rings. The normalized spacial score (nSPS) is 18.1. The summed E-state index contributed by atoms with van der Waals surface area (Å²) in [6, 6.07) is 0.358. The molecule has 1 saturated heterocycles. The number of aromatic nitrogens is 1. The number of carbonyl (C=O) groups excluding carboxylic acids is 3. The van der Waals surface area contributed by atoms with E-state index >= 15 is 0 Å². The number of amides is 2. The summed E-state index contributed by atoms with van der Waals surface area (Å²) in [6.07, 6.45) is 6.82. The van der Waals surface area contributed by atoms with E-state index in [0.29, 0.717) is 60.6 Å². The van der Waals surface area contributed by atoms with Crippen molar-refractivity contribution in [1.29, 1.82) is 0 Å². The van der Waals surface area contributed by atoms with Gasteiger partial charge in [0.1, 0.15) is 5.69 Å². The van der Waals surface area contributed by atoms with Gasteiger partial charge in [0.05, 0.1) is 12.2 Å². The fourth-order valence-corrected chi connectivity index (χ4v) is 4.59. The molecular formula is C22H33N3O4. The number of hydrogen-bond donors (Lipinski definition) is 2. The molecule has 29 heavy (non-hydrogen) atoms. The van der Waals surface area contributed by atoms with Gasteiger partial charge in [-0.1, -0.05) is 12.8 Å². The van der Waals surface area contributed by atoms with E-state index in [1.807, 2.05) is 4.90 Å². The molecule has 7 heteroatoms. The molecular weight excluding hydrogens is 370 g/mol. The summed E-state index contributed by atoms with van der Waals surface area (Å²) in [7, 11) is 0. The van der Waals surface area contributed by atoms with Crippen LogP contribution in [0.25, 0.3) is 0 Å². The Morgan fingerprint density at radius 2 is 1.76 bits per heavy atom. The Morgan fingerprint density at radius 1 is 1.10 bits per heavy atom. The number of likely N-dealkylation sites (tertiary alicyclic amines) is 1. The van der Waals surface area contributed by atoms with Crippen LogP contribution in [0.4, 0.5) is 0 Å². The number of aryl methyl sites for hydroxylation is 1. The summed E-state index contributed by atoms with van der Waals surface area (Å²) in [5, 5.41) is 3.16. The molecule has 3 rings (SSSR count). The standard InChI is InChI=1S/C22H33N3O4/c1-4-29-22(28)19-14(2)20(23-15(19)3)21(27)25-11-9-16(10-12-25)13-18(26)24-17-7-5-6-8-17/h16-17,23H,4-13H2,1-3H3,(H,24,26). The molecule has 7 nitrogen and oxygen atoms in total. The molecule has 160 valence electrons. The van der Waals surface area contributed by atoms with E-state index in [1.165, 1.54) is 12.8 Å². The number of nitrogens with zero attached hydrogens (tertiary/aromatic N) is 1. The fourth-order valence-electron chi connectivity index (χ4n) is 4.59. The van der Waals surface area contributed by atoms with Crippen LogP contribution in [0.3, 0.4) is 0 Å². The highest BCUT2D eigenvalue weighted by molar-refractivity contribution is 6.00. The average Bonchev–Trinajstić information content (AvgIpc) is 3.29. The molecule has 1 aliphatic heterocycles. The van der Waals surface area contributed by atoms with E-state index < -0.39 is 5.97 Å². The quantitative estimate of drug-likeness (QED) is 0.714. The number of carbonyl (C=O) groups is 3. The van der Waals surface area contributed by atoms with E-state index in [2.05, 4.69) is 10.3 Å². The molecule has 2 N–H and O–H groups in total. The van der Waals surface area contributed by atoms with E-state index in [9.17, 15) is 14.4 Å². The summed E-state index contributed by atoms with van der Waals surface area (Å²) in [5.74, 6) is -0.0154. The number of nitrogens with one attached hydrogen (secondary N) is 2. The zero-order valence-electron chi connectivity index (χ0n) is 17.8. The Bertz CT molecular complexity index is 756. The first-order chi connectivity index (χ1) is 13.9. The van der Waals surface area contributed by atoms with Crippen LogP contribution in [0.2, 0.25) is 0 Å². The minimum atomic E-state index is -0.398. The fraction of sp³-hybridized carbons (Fsp3) is 0.682. The van der Waals surface area contributed by atoms with Crippen LogP contribution in [-0.4, -0.2) is 53.4 Å². The lowest BCUT2D eigenvalue weighted by Gasteiger charge is -2.32. The SMILES string of the molecule is CCOC(=O)c1c(C)[nH]c(C(=O)N2CCC(CC(=O)NC3CCCC3)CC2)c1C. The predicted molar refractivity (Wildman–Crippen MR) is 110 cm³/mol. The van der Waals surface area contributed by atoms with Crippen LogP contribution < -0.4 is 5.32 Å². The number of esters is 1. The van der Waals surface area contributed by atoms with Gasteiger partial charge in [-0.2, -0.15) is 0 Å². The second-order valence-electron chi connectivity index (χ2n) is 8.33. The first kappa shape index (κ1) is 21.4. The van der Waals surface area contributed by atoms with Gasteiger partial charge in [0.2, 0.25) is 5.91 Å². The van der Waals surface area contributed by atoms with Crippen molar-refractivity contribution in [2.24, 2.45) is 5.92 Å². The van der Waals surface area contributed by atoms with Crippen molar-refractivity contribution < 1.29 is 19.1 Å². The Kier molecular flexibility index (Phi) is 6.98. The van der Waals surface area contributed by atoms with Crippen molar-refractivity contribution in [3.05, 3.63) is 22.5 Å². The van der Waals surface area contributed by atoms with Crippen molar-refractivity contribution in [2.45, 2.75) is 71.8 Å². The minimum Gasteiger partial charge on any atom is -0.462 e. The van der Waals surface area contributed by atoms with Gasteiger partial charge in [0.25, 0.3) is 5.91 Å². The van der Waals surface area contributed by atoms with Gasteiger partial charge in [-0.15, -0.1) is 0 Å². The Balaban J connectivity index is 1.54. The van der Waals surface area contributed by atoms with Crippen LogP contribution in [0.5, 0.6) is 0 Å². The van der Waals surface area contributed by atoms with Crippen molar-refractivity contribution in [2.75, 3.05) is 19.7 Å². The summed E-state index contributed by atoms with van der Waals surface area (Å²) < 4.78 is 5.10. The Hall–Kier alpha value is -2.31. The van der Waals surface area contributed by atoms with Gasteiger partial charge in [0, 0.05) is 31.2 Å². The lowest BCUT2D eigenvalue weighted by atomic mass is 9.92. The smallest absolute Gasteiger partial charge is 0.340 e. The average molecular weight is 404 g/mol. The Morgan fingerprint density at radius 3 is 2.38 bits per heavy atom. The number of piperidine rings is 1. The van der Waals surface area contributed by atoms with Crippen LogP contribution >= 0.6 is 0 Å². The number of ether oxygens (including phenoxy) is 1. The third kappa shape index (κ3) is 5.00. The maximum absolute atomic E-state index is 13.0. The largest absolute Gasteiger partial charge is 0.462 e. The number of rotatable bonds is 6. The van der Waals surface area contributed by atoms with Crippen LogP contribution in [0.1, 0.15) is 84.0 Å². The maximum Gasteiger partial charge on any atom is 0.340 e.